The lowest BCUT2D eigenvalue weighted by Gasteiger charge is -2.22. The summed E-state index contributed by atoms with van der Waals surface area (Å²) in [7, 11) is 4.02. The van der Waals surface area contributed by atoms with Crippen molar-refractivity contribution < 1.29 is 4.74 Å². The van der Waals surface area contributed by atoms with Gasteiger partial charge in [0.15, 0.2) is 5.96 Å². The predicted octanol–water partition coefficient (Wildman–Crippen LogP) is 3.02. The van der Waals surface area contributed by atoms with E-state index < -0.39 is 0 Å². The fourth-order valence-corrected chi connectivity index (χ4v) is 2.79. The maximum Gasteiger partial charge on any atom is 0.194 e. The monoisotopic (exact) mass is 357 g/mol. The van der Waals surface area contributed by atoms with Crippen LogP contribution in [0.4, 0.5) is 0 Å². The molecule has 0 bridgehead atoms. The van der Waals surface area contributed by atoms with Crippen LogP contribution >= 0.6 is 0 Å². The predicted molar refractivity (Wildman–Crippen MR) is 107 cm³/mol. The summed E-state index contributed by atoms with van der Waals surface area (Å²) in [6, 6.07) is 9.83. The van der Waals surface area contributed by atoms with Gasteiger partial charge in [-0.05, 0) is 25.0 Å². The third kappa shape index (κ3) is 5.79. The zero-order chi connectivity index (χ0) is 18.9. The average molecular weight is 358 g/mol. The summed E-state index contributed by atoms with van der Waals surface area (Å²) in [6.07, 6.45) is 2.09. The number of hydrogen-bond acceptors (Lipinski definition) is 3. The molecule has 0 radical (unpaired) electrons. The molecule has 0 unspecified atom stereocenters. The highest BCUT2D eigenvalue weighted by Gasteiger charge is 2.15. The third-order valence-corrected chi connectivity index (χ3v) is 3.95. The van der Waals surface area contributed by atoms with Crippen LogP contribution in [0.3, 0.4) is 0 Å². The standard InChI is InChI=1S/C20H31N5O/c1-6-21-20(22-12-13-26-18-10-8-7-9-11-18)24(4)14-17-15-25(5)23-19(17)16(2)3/h7-11,15-16H,6,12-14H2,1-5H3,(H,21,22). The molecule has 0 aliphatic carbocycles. The first-order valence-electron chi connectivity index (χ1n) is 9.21. The Morgan fingerprint density at radius 2 is 2.04 bits per heavy atom. The first-order chi connectivity index (χ1) is 12.5. The average Bonchev–Trinajstić information content (AvgIpc) is 2.99. The number of hydrogen-bond donors (Lipinski definition) is 1. The van der Waals surface area contributed by atoms with Crippen LogP contribution in [0.2, 0.25) is 0 Å². The molecule has 0 saturated heterocycles. The van der Waals surface area contributed by atoms with Gasteiger partial charge in [-0.1, -0.05) is 32.0 Å². The molecule has 1 heterocycles. The normalized spacial score (nSPS) is 11.7. The van der Waals surface area contributed by atoms with Crippen molar-refractivity contribution in [2.75, 3.05) is 26.7 Å². The van der Waals surface area contributed by atoms with Crippen LogP contribution in [0.25, 0.3) is 0 Å². The maximum atomic E-state index is 5.72. The van der Waals surface area contributed by atoms with Gasteiger partial charge in [-0.15, -0.1) is 0 Å². The van der Waals surface area contributed by atoms with Gasteiger partial charge in [0, 0.05) is 38.9 Å². The summed E-state index contributed by atoms with van der Waals surface area (Å²) in [5.41, 5.74) is 2.37. The van der Waals surface area contributed by atoms with Gasteiger partial charge in [0.2, 0.25) is 0 Å². The van der Waals surface area contributed by atoms with E-state index in [1.54, 1.807) is 0 Å². The molecule has 2 aromatic rings. The van der Waals surface area contributed by atoms with E-state index in [4.69, 9.17) is 4.74 Å². The minimum absolute atomic E-state index is 0.401. The third-order valence-electron chi connectivity index (χ3n) is 3.95. The lowest BCUT2D eigenvalue weighted by molar-refractivity contribution is 0.327. The van der Waals surface area contributed by atoms with E-state index in [-0.39, 0.29) is 0 Å². The van der Waals surface area contributed by atoms with E-state index in [2.05, 4.69) is 54.3 Å². The van der Waals surface area contributed by atoms with Crippen LogP contribution in [0, 0.1) is 0 Å². The molecular formula is C20H31N5O. The molecule has 6 heteroatoms. The lowest BCUT2D eigenvalue weighted by atomic mass is 10.1. The number of para-hydroxylation sites is 1. The molecule has 26 heavy (non-hydrogen) atoms. The Kier molecular flexibility index (Phi) is 7.51. The smallest absolute Gasteiger partial charge is 0.194 e. The van der Waals surface area contributed by atoms with Gasteiger partial charge < -0.3 is 15.0 Å². The molecule has 0 amide bonds. The van der Waals surface area contributed by atoms with Crippen LogP contribution < -0.4 is 10.1 Å². The lowest BCUT2D eigenvalue weighted by Crippen LogP contribution is -2.39. The number of aromatic nitrogens is 2. The van der Waals surface area contributed by atoms with Crippen molar-refractivity contribution in [3.63, 3.8) is 0 Å². The summed E-state index contributed by atoms with van der Waals surface area (Å²) in [6.45, 7) is 9.17. The fraction of sp³-hybridized carbons (Fsp3) is 0.500. The second-order valence-electron chi connectivity index (χ2n) is 6.62. The van der Waals surface area contributed by atoms with Crippen LogP contribution in [-0.4, -0.2) is 47.4 Å². The Morgan fingerprint density at radius 1 is 1.31 bits per heavy atom. The van der Waals surface area contributed by atoms with Crippen LogP contribution in [0.1, 0.15) is 37.9 Å². The zero-order valence-corrected chi connectivity index (χ0v) is 16.6. The largest absolute Gasteiger partial charge is 0.492 e. The molecule has 0 atom stereocenters. The van der Waals surface area contributed by atoms with Crippen LogP contribution in [0.5, 0.6) is 5.75 Å². The first-order valence-corrected chi connectivity index (χ1v) is 9.21. The number of nitrogens with one attached hydrogen (secondary N) is 1. The molecule has 0 aliphatic heterocycles. The molecule has 2 rings (SSSR count). The van der Waals surface area contributed by atoms with Crippen LogP contribution in [-0.2, 0) is 13.6 Å². The molecule has 1 aromatic heterocycles. The number of aliphatic imine (C=N–C) groups is 1. The SMILES string of the molecule is CCNC(=NCCOc1ccccc1)N(C)Cc1cn(C)nc1C(C)C. The van der Waals surface area contributed by atoms with E-state index in [0.29, 0.717) is 19.1 Å². The number of nitrogens with zero attached hydrogens (tertiary/aromatic N) is 4. The van der Waals surface area contributed by atoms with Crippen molar-refractivity contribution in [3.8, 4) is 5.75 Å². The van der Waals surface area contributed by atoms with Crippen molar-refractivity contribution in [2.45, 2.75) is 33.2 Å². The van der Waals surface area contributed by atoms with Crippen molar-refractivity contribution in [1.82, 2.24) is 20.0 Å². The highest BCUT2D eigenvalue weighted by atomic mass is 16.5. The van der Waals surface area contributed by atoms with Crippen LogP contribution in [0.15, 0.2) is 41.5 Å². The summed E-state index contributed by atoms with van der Waals surface area (Å²) >= 11 is 0. The summed E-state index contributed by atoms with van der Waals surface area (Å²) in [5.74, 6) is 2.15. The van der Waals surface area contributed by atoms with Gasteiger partial charge in [0.1, 0.15) is 12.4 Å². The van der Waals surface area contributed by atoms with Gasteiger partial charge in [0.05, 0.1) is 12.2 Å². The highest BCUT2D eigenvalue weighted by molar-refractivity contribution is 5.79. The van der Waals surface area contributed by atoms with E-state index in [1.165, 1.54) is 5.56 Å². The van der Waals surface area contributed by atoms with Gasteiger partial charge in [-0.2, -0.15) is 5.10 Å². The van der Waals surface area contributed by atoms with Crippen molar-refractivity contribution >= 4 is 5.96 Å². The molecular weight excluding hydrogens is 326 g/mol. The van der Waals surface area contributed by atoms with Crippen molar-refractivity contribution in [2.24, 2.45) is 12.0 Å². The number of guanidine groups is 1. The summed E-state index contributed by atoms with van der Waals surface area (Å²) in [5, 5.41) is 7.94. The number of aryl methyl sites for hydroxylation is 1. The van der Waals surface area contributed by atoms with E-state index >= 15 is 0 Å². The molecule has 1 N–H and O–H groups in total. The van der Waals surface area contributed by atoms with Crippen molar-refractivity contribution in [1.29, 1.82) is 0 Å². The zero-order valence-electron chi connectivity index (χ0n) is 16.6. The molecule has 0 aliphatic rings. The van der Waals surface area contributed by atoms with E-state index in [1.807, 2.05) is 42.1 Å². The van der Waals surface area contributed by atoms with E-state index in [9.17, 15) is 0 Å². The quantitative estimate of drug-likeness (QED) is 0.448. The Balaban J connectivity index is 1.96. The Hall–Kier alpha value is -2.50. The summed E-state index contributed by atoms with van der Waals surface area (Å²) < 4.78 is 7.60. The Bertz CT molecular complexity index is 693. The molecule has 1 aromatic carbocycles. The molecule has 0 saturated carbocycles. The highest BCUT2D eigenvalue weighted by Crippen LogP contribution is 2.18. The number of rotatable bonds is 8. The van der Waals surface area contributed by atoms with E-state index in [0.717, 1.165) is 30.5 Å². The minimum Gasteiger partial charge on any atom is -0.492 e. The topological polar surface area (TPSA) is 54.7 Å². The van der Waals surface area contributed by atoms with Gasteiger partial charge in [-0.3, -0.25) is 4.68 Å². The Morgan fingerprint density at radius 3 is 2.69 bits per heavy atom. The molecule has 142 valence electrons. The van der Waals surface area contributed by atoms with Gasteiger partial charge in [0.25, 0.3) is 0 Å². The molecule has 0 fully saturated rings. The van der Waals surface area contributed by atoms with Gasteiger partial charge >= 0.3 is 0 Å². The number of ether oxygens (including phenoxy) is 1. The summed E-state index contributed by atoms with van der Waals surface area (Å²) in [4.78, 5) is 6.82. The van der Waals surface area contributed by atoms with Gasteiger partial charge in [-0.25, -0.2) is 4.99 Å². The van der Waals surface area contributed by atoms with Crippen molar-refractivity contribution in [3.05, 3.63) is 47.8 Å². The molecule has 6 nitrogen and oxygen atoms in total. The molecule has 0 spiro atoms. The second-order valence-corrected chi connectivity index (χ2v) is 6.62. The number of benzene rings is 1. The first kappa shape index (κ1) is 19.8. The second kappa shape index (κ2) is 9.85. The minimum atomic E-state index is 0.401. The Labute approximate surface area is 156 Å². The fourth-order valence-electron chi connectivity index (χ4n) is 2.79. The maximum absolute atomic E-state index is 5.72.